The Bertz CT molecular complexity index is 865. The minimum atomic E-state index is 0.218. The molecule has 2 aromatic carbocycles. The van der Waals surface area contributed by atoms with E-state index in [4.69, 9.17) is 28.4 Å². The van der Waals surface area contributed by atoms with Gasteiger partial charge in [-0.1, -0.05) is 0 Å². The Labute approximate surface area is 177 Å². The van der Waals surface area contributed by atoms with E-state index in [0.29, 0.717) is 24.6 Å². The average molecular weight is 415 g/mol. The zero-order chi connectivity index (χ0) is 20.9. The monoisotopic (exact) mass is 415 g/mol. The molecule has 4 rings (SSSR count). The van der Waals surface area contributed by atoms with Gasteiger partial charge in [-0.25, -0.2) is 0 Å². The van der Waals surface area contributed by atoms with Crippen LogP contribution < -0.4 is 23.7 Å². The lowest BCUT2D eigenvalue weighted by Crippen LogP contribution is -2.31. The van der Waals surface area contributed by atoms with E-state index in [9.17, 15) is 0 Å². The van der Waals surface area contributed by atoms with E-state index in [-0.39, 0.29) is 12.9 Å². The third-order valence-corrected chi connectivity index (χ3v) is 5.49. The minimum Gasteiger partial charge on any atom is -0.497 e. The second-order valence-corrected chi connectivity index (χ2v) is 7.51. The Morgan fingerprint density at radius 2 is 1.83 bits per heavy atom. The van der Waals surface area contributed by atoms with Crippen LogP contribution in [0.3, 0.4) is 0 Å². The fraction of sp³-hybridized carbons (Fsp3) is 0.478. The zero-order valence-corrected chi connectivity index (χ0v) is 17.8. The Morgan fingerprint density at radius 3 is 2.57 bits per heavy atom. The Kier molecular flexibility index (Phi) is 6.50. The molecule has 0 bridgehead atoms. The highest BCUT2D eigenvalue weighted by Gasteiger charge is 2.24. The molecule has 1 fully saturated rings. The van der Waals surface area contributed by atoms with Crippen molar-refractivity contribution in [1.29, 1.82) is 0 Å². The van der Waals surface area contributed by atoms with Crippen molar-refractivity contribution in [2.45, 2.75) is 32.0 Å². The second kappa shape index (κ2) is 9.45. The molecule has 0 amide bonds. The first-order chi connectivity index (χ1) is 14.7. The van der Waals surface area contributed by atoms with Gasteiger partial charge in [0.2, 0.25) is 12.5 Å². The lowest BCUT2D eigenvalue weighted by molar-refractivity contribution is 0.0676. The number of methoxy groups -OCH3 is 3. The lowest BCUT2D eigenvalue weighted by Gasteiger charge is -2.26. The molecule has 0 saturated carbocycles. The van der Waals surface area contributed by atoms with Gasteiger partial charge >= 0.3 is 0 Å². The predicted molar refractivity (Wildman–Crippen MR) is 112 cm³/mol. The van der Waals surface area contributed by atoms with Gasteiger partial charge in [-0.2, -0.15) is 0 Å². The normalized spacial score (nSPS) is 17.4. The predicted octanol–water partition coefficient (Wildman–Crippen LogP) is 3.62. The van der Waals surface area contributed by atoms with E-state index < -0.39 is 0 Å². The summed E-state index contributed by atoms with van der Waals surface area (Å²) in [7, 11) is 5.01. The summed E-state index contributed by atoms with van der Waals surface area (Å²) < 4.78 is 33.6. The molecular formula is C23H29NO6. The van der Waals surface area contributed by atoms with E-state index >= 15 is 0 Å². The Morgan fingerprint density at radius 1 is 0.967 bits per heavy atom. The van der Waals surface area contributed by atoms with Crippen LogP contribution in [-0.2, 0) is 17.8 Å². The van der Waals surface area contributed by atoms with Crippen LogP contribution in [0.1, 0.15) is 24.0 Å². The summed E-state index contributed by atoms with van der Waals surface area (Å²) in [5.74, 6) is 3.74. The molecule has 30 heavy (non-hydrogen) atoms. The third kappa shape index (κ3) is 4.57. The first kappa shape index (κ1) is 20.6. The van der Waals surface area contributed by atoms with Crippen LogP contribution in [0.15, 0.2) is 30.3 Å². The molecule has 2 aliphatic heterocycles. The van der Waals surface area contributed by atoms with Crippen LogP contribution in [-0.4, -0.2) is 52.3 Å². The molecule has 2 aromatic rings. The molecule has 7 heteroatoms. The molecule has 162 valence electrons. The van der Waals surface area contributed by atoms with Crippen molar-refractivity contribution < 1.29 is 28.4 Å². The summed E-state index contributed by atoms with van der Waals surface area (Å²) in [5.41, 5.74) is 2.17. The van der Waals surface area contributed by atoms with Gasteiger partial charge in [-0.15, -0.1) is 0 Å². The van der Waals surface area contributed by atoms with Crippen molar-refractivity contribution in [2.75, 3.05) is 41.3 Å². The number of nitrogens with zero attached hydrogens (tertiary/aromatic N) is 1. The highest BCUT2D eigenvalue weighted by atomic mass is 16.7. The van der Waals surface area contributed by atoms with Gasteiger partial charge in [0.1, 0.15) is 11.5 Å². The fourth-order valence-corrected chi connectivity index (χ4v) is 4.04. The molecule has 0 N–H and O–H groups in total. The maximum Gasteiger partial charge on any atom is 0.231 e. The van der Waals surface area contributed by atoms with Gasteiger partial charge in [0.25, 0.3) is 0 Å². The van der Waals surface area contributed by atoms with Gasteiger partial charge in [0.05, 0.1) is 27.4 Å². The minimum absolute atomic E-state index is 0.218. The van der Waals surface area contributed by atoms with Crippen LogP contribution in [0.5, 0.6) is 28.7 Å². The number of hydrogen-bond acceptors (Lipinski definition) is 7. The van der Waals surface area contributed by atoms with E-state index in [1.54, 1.807) is 21.3 Å². The quantitative estimate of drug-likeness (QED) is 0.620. The van der Waals surface area contributed by atoms with Gasteiger partial charge < -0.3 is 28.4 Å². The molecule has 0 radical (unpaired) electrons. The van der Waals surface area contributed by atoms with Crippen LogP contribution in [0.4, 0.5) is 0 Å². The van der Waals surface area contributed by atoms with Crippen LogP contribution in [0.2, 0.25) is 0 Å². The highest BCUT2D eigenvalue weighted by Crippen LogP contribution is 2.42. The van der Waals surface area contributed by atoms with E-state index in [0.717, 1.165) is 54.4 Å². The van der Waals surface area contributed by atoms with E-state index in [1.807, 2.05) is 30.3 Å². The number of benzene rings is 2. The average Bonchev–Trinajstić information content (AvgIpc) is 3.45. The summed E-state index contributed by atoms with van der Waals surface area (Å²) in [6.07, 6.45) is 2.42. The van der Waals surface area contributed by atoms with Gasteiger partial charge in [-0.3, -0.25) is 4.90 Å². The SMILES string of the molecule is COc1ccc(OC)c(CN(Cc2cc(OC)c3c(c2)OCO3)C[C@@H]2CCCO2)c1. The van der Waals surface area contributed by atoms with Crippen molar-refractivity contribution in [3.8, 4) is 28.7 Å². The number of ether oxygens (including phenoxy) is 6. The number of fused-ring (bicyclic) bond motifs is 1. The highest BCUT2D eigenvalue weighted by molar-refractivity contribution is 5.55. The molecule has 2 aliphatic rings. The van der Waals surface area contributed by atoms with Gasteiger partial charge in [0.15, 0.2) is 11.5 Å². The number of hydrogen-bond donors (Lipinski definition) is 0. The molecule has 0 aliphatic carbocycles. The lowest BCUT2D eigenvalue weighted by atomic mass is 10.1. The van der Waals surface area contributed by atoms with Crippen molar-refractivity contribution in [3.05, 3.63) is 41.5 Å². The molecule has 7 nitrogen and oxygen atoms in total. The molecule has 2 heterocycles. The van der Waals surface area contributed by atoms with Crippen molar-refractivity contribution in [2.24, 2.45) is 0 Å². The Hall–Kier alpha value is -2.64. The standard InChI is InChI=1S/C23H29NO6/c1-25-18-6-7-20(26-2)17(11-18)13-24(14-19-5-4-8-28-19)12-16-9-21(27-3)23-22(10-16)29-15-30-23/h6-7,9-11,19H,4-5,8,12-15H2,1-3H3/t19-/m0/s1. The molecule has 0 unspecified atom stereocenters. The van der Waals surface area contributed by atoms with E-state index in [2.05, 4.69) is 4.90 Å². The topological polar surface area (TPSA) is 58.6 Å². The van der Waals surface area contributed by atoms with E-state index in [1.165, 1.54) is 0 Å². The maximum atomic E-state index is 5.91. The molecule has 0 aromatic heterocycles. The summed E-state index contributed by atoms with van der Waals surface area (Å²) in [6, 6.07) is 9.92. The number of rotatable bonds is 9. The van der Waals surface area contributed by atoms with Crippen LogP contribution in [0, 0.1) is 0 Å². The summed E-state index contributed by atoms with van der Waals surface area (Å²) >= 11 is 0. The molecular weight excluding hydrogens is 386 g/mol. The molecule has 1 atom stereocenters. The third-order valence-electron chi connectivity index (χ3n) is 5.49. The van der Waals surface area contributed by atoms with Crippen molar-refractivity contribution in [1.82, 2.24) is 4.90 Å². The summed E-state index contributed by atoms with van der Waals surface area (Å²) in [4.78, 5) is 2.37. The summed E-state index contributed by atoms with van der Waals surface area (Å²) in [5, 5.41) is 0. The van der Waals surface area contributed by atoms with Gasteiger partial charge in [0, 0.05) is 31.8 Å². The van der Waals surface area contributed by atoms with Crippen molar-refractivity contribution in [3.63, 3.8) is 0 Å². The molecule has 1 saturated heterocycles. The van der Waals surface area contributed by atoms with Crippen LogP contribution in [0.25, 0.3) is 0 Å². The van der Waals surface area contributed by atoms with Crippen LogP contribution >= 0.6 is 0 Å². The molecule has 0 spiro atoms. The first-order valence-electron chi connectivity index (χ1n) is 10.2. The Balaban J connectivity index is 1.59. The summed E-state index contributed by atoms with van der Waals surface area (Å²) in [6.45, 7) is 3.30. The first-order valence-corrected chi connectivity index (χ1v) is 10.2. The fourth-order valence-electron chi connectivity index (χ4n) is 4.04. The van der Waals surface area contributed by atoms with Gasteiger partial charge in [-0.05, 0) is 48.7 Å². The maximum absolute atomic E-state index is 5.91. The zero-order valence-electron chi connectivity index (χ0n) is 17.8. The van der Waals surface area contributed by atoms with Crippen molar-refractivity contribution >= 4 is 0 Å². The second-order valence-electron chi connectivity index (χ2n) is 7.51. The smallest absolute Gasteiger partial charge is 0.231 e. The largest absolute Gasteiger partial charge is 0.497 e.